The number of carboxylic acid groups (broad SMARTS) is 1. The van der Waals surface area contributed by atoms with E-state index in [1.165, 1.54) is 0 Å². The molecule has 0 bridgehead atoms. The zero-order valence-corrected chi connectivity index (χ0v) is 19.9. The fourth-order valence-corrected chi connectivity index (χ4v) is 4.96. The first-order valence-corrected chi connectivity index (χ1v) is 12.2. The third kappa shape index (κ3) is 5.32. The first-order chi connectivity index (χ1) is 16.9. The Morgan fingerprint density at radius 3 is 2.34 bits per heavy atom. The molecule has 2 amide bonds. The molecule has 0 radical (unpaired) electrons. The van der Waals surface area contributed by atoms with Crippen LogP contribution in [0, 0.1) is 5.41 Å². The number of amides is 2. The van der Waals surface area contributed by atoms with E-state index in [9.17, 15) is 19.5 Å². The van der Waals surface area contributed by atoms with Crippen LogP contribution in [0.5, 0.6) is 0 Å². The Morgan fingerprint density at radius 1 is 1.11 bits per heavy atom. The molecule has 2 atom stereocenters. The Hall–Kier alpha value is -3.39. The van der Waals surface area contributed by atoms with Crippen molar-refractivity contribution in [3.63, 3.8) is 0 Å². The predicted molar refractivity (Wildman–Crippen MR) is 130 cm³/mol. The zero-order valence-electron chi connectivity index (χ0n) is 19.9. The Kier molecular flexibility index (Phi) is 7.70. The largest absolute Gasteiger partial charge is 0.481 e. The molecule has 4 rings (SSSR count). The van der Waals surface area contributed by atoms with E-state index in [2.05, 4.69) is 22.8 Å². The van der Waals surface area contributed by atoms with Crippen molar-refractivity contribution in [1.29, 1.82) is 0 Å². The van der Waals surface area contributed by atoms with Gasteiger partial charge in [0, 0.05) is 19.1 Å². The monoisotopic (exact) mass is 480 g/mol. The molecule has 2 aliphatic rings. The Labute approximate surface area is 205 Å². The SMILES string of the molecule is CCCC(NC(=O)OCC1c2ccccc2-c2ccccc21)C(=O)NCC1(C(=O)O)CCCOC1. The topological polar surface area (TPSA) is 114 Å². The predicted octanol–water partition coefficient (Wildman–Crippen LogP) is 3.69. The second-order valence-electron chi connectivity index (χ2n) is 9.27. The van der Waals surface area contributed by atoms with Crippen LogP contribution in [0.4, 0.5) is 4.79 Å². The van der Waals surface area contributed by atoms with Crippen molar-refractivity contribution in [3.8, 4) is 11.1 Å². The van der Waals surface area contributed by atoms with Gasteiger partial charge in [0.2, 0.25) is 5.91 Å². The quantitative estimate of drug-likeness (QED) is 0.504. The molecular weight excluding hydrogens is 448 g/mol. The highest BCUT2D eigenvalue weighted by atomic mass is 16.5. The Morgan fingerprint density at radius 2 is 1.77 bits per heavy atom. The average Bonchev–Trinajstić information content (AvgIpc) is 3.20. The van der Waals surface area contributed by atoms with E-state index in [1.807, 2.05) is 43.3 Å². The second kappa shape index (κ2) is 10.9. The lowest BCUT2D eigenvalue weighted by Gasteiger charge is -2.33. The highest BCUT2D eigenvalue weighted by Gasteiger charge is 2.41. The van der Waals surface area contributed by atoms with Crippen molar-refractivity contribution in [2.75, 3.05) is 26.4 Å². The van der Waals surface area contributed by atoms with Gasteiger partial charge in [-0.05, 0) is 41.5 Å². The normalized spacial score (nSPS) is 19.8. The van der Waals surface area contributed by atoms with Crippen LogP contribution in [0.2, 0.25) is 0 Å². The molecule has 35 heavy (non-hydrogen) atoms. The van der Waals surface area contributed by atoms with Crippen molar-refractivity contribution >= 4 is 18.0 Å². The highest BCUT2D eigenvalue weighted by Crippen LogP contribution is 2.44. The van der Waals surface area contributed by atoms with Crippen LogP contribution in [0.25, 0.3) is 11.1 Å². The molecule has 2 unspecified atom stereocenters. The van der Waals surface area contributed by atoms with Crippen LogP contribution in [0.15, 0.2) is 48.5 Å². The molecule has 0 aromatic heterocycles. The van der Waals surface area contributed by atoms with Gasteiger partial charge in [0.15, 0.2) is 0 Å². The average molecular weight is 481 g/mol. The summed E-state index contributed by atoms with van der Waals surface area (Å²) in [5.74, 6) is -1.49. The third-order valence-corrected chi connectivity index (χ3v) is 6.91. The van der Waals surface area contributed by atoms with Crippen LogP contribution >= 0.6 is 0 Å². The van der Waals surface area contributed by atoms with E-state index in [-0.39, 0.29) is 25.7 Å². The van der Waals surface area contributed by atoms with Crippen LogP contribution < -0.4 is 10.6 Å². The number of aliphatic carboxylic acids is 1. The van der Waals surface area contributed by atoms with Gasteiger partial charge in [0.25, 0.3) is 0 Å². The van der Waals surface area contributed by atoms with Gasteiger partial charge in [-0.2, -0.15) is 0 Å². The smallest absolute Gasteiger partial charge is 0.407 e. The molecule has 8 nitrogen and oxygen atoms in total. The molecule has 1 heterocycles. The maximum Gasteiger partial charge on any atom is 0.407 e. The number of fused-ring (bicyclic) bond motifs is 3. The molecule has 1 aliphatic carbocycles. The minimum absolute atomic E-state index is 0.0479. The van der Waals surface area contributed by atoms with Gasteiger partial charge in [-0.3, -0.25) is 9.59 Å². The summed E-state index contributed by atoms with van der Waals surface area (Å²) in [5, 5.41) is 15.1. The van der Waals surface area contributed by atoms with Crippen LogP contribution in [0.3, 0.4) is 0 Å². The lowest BCUT2D eigenvalue weighted by atomic mass is 9.82. The van der Waals surface area contributed by atoms with Crippen molar-refractivity contribution in [1.82, 2.24) is 10.6 Å². The van der Waals surface area contributed by atoms with Crippen molar-refractivity contribution in [2.45, 2.75) is 44.6 Å². The highest BCUT2D eigenvalue weighted by molar-refractivity contribution is 5.86. The molecule has 8 heteroatoms. The van der Waals surface area contributed by atoms with E-state index in [1.54, 1.807) is 0 Å². The van der Waals surface area contributed by atoms with E-state index >= 15 is 0 Å². The minimum Gasteiger partial charge on any atom is -0.481 e. The van der Waals surface area contributed by atoms with Crippen molar-refractivity contribution < 1.29 is 29.0 Å². The molecular formula is C27H32N2O6. The van der Waals surface area contributed by atoms with Crippen molar-refractivity contribution in [2.24, 2.45) is 5.41 Å². The van der Waals surface area contributed by atoms with E-state index in [0.29, 0.717) is 32.3 Å². The molecule has 1 saturated heterocycles. The first kappa shape index (κ1) is 24.7. The third-order valence-electron chi connectivity index (χ3n) is 6.91. The molecule has 1 fully saturated rings. The van der Waals surface area contributed by atoms with Gasteiger partial charge >= 0.3 is 12.1 Å². The number of hydrogen-bond acceptors (Lipinski definition) is 5. The lowest BCUT2D eigenvalue weighted by molar-refractivity contribution is -0.157. The number of carboxylic acids is 1. The fraction of sp³-hybridized carbons (Fsp3) is 0.444. The minimum atomic E-state index is -1.14. The number of ether oxygens (including phenoxy) is 2. The molecule has 2 aromatic carbocycles. The van der Waals surface area contributed by atoms with Crippen molar-refractivity contribution in [3.05, 3.63) is 59.7 Å². The zero-order chi connectivity index (χ0) is 24.8. The number of carbonyl (C=O) groups excluding carboxylic acids is 2. The molecule has 2 aromatic rings. The maximum atomic E-state index is 12.8. The van der Waals surface area contributed by atoms with E-state index < -0.39 is 29.4 Å². The summed E-state index contributed by atoms with van der Waals surface area (Å²) >= 11 is 0. The Balaban J connectivity index is 1.36. The lowest BCUT2D eigenvalue weighted by Crippen LogP contribution is -2.53. The molecule has 0 spiro atoms. The van der Waals surface area contributed by atoms with Gasteiger partial charge < -0.3 is 25.2 Å². The van der Waals surface area contributed by atoms with E-state index in [0.717, 1.165) is 22.3 Å². The first-order valence-electron chi connectivity index (χ1n) is 12.2. The molecule has 1 aliphatic heterocycles. The van der Waals surface area contributed by atoms with Crippen LogP contribution in [0.1, 0.15) is 49.7 Å². The van der Waals surface area contributed by atoms with Gasteiger partial charge in [-0.15, -0.1) is 0 Å². The summed E-state index contributed by atoms with van der Waals surface area (Å²) in [5.41, 5.74) is 3.35. The summed E-state index contributed by atoms with van der Waals surface area (Å²) in [6.07, 6.45) is 1.45. The van der Waals surface area contributed by atoms with E-state index in [4.69, 9.17) is 9.47 Å². The summed E-state index contributed by atoms with van der Waals surface area (Å²) in [7, 11) is 0. The second-order valence-corrected chi connectivity index (χ2v) is 9.27. The number of rotatable bonds is 9. The molecule has 186 valence electrons. The Bertz CT molecular complexity index is 1030. The summed E-state index contributed by atoms with van der Waals surface area (Å²) in [6.45, 7) is 2.59. The van der Waals surface area contributed by atoms with Gasteiger partial charge in [-0.25, -0.2) is 4.79 Å². The number of hydrogen-bond donors (Lipinski definition) is 3. The summed E-state index contributed by atoms with van der Waals surface area (Å²) in [4.78, 5) is 37.3. The van der Waals surface area contributed by atoms with Gasteiger partial charge in [0.05, 0.1) is 6.61 Å². The standard InChI is InChI=1S/C27H32N2O6/c1-2-8-23(24(30)28-16-27(25(31)32)13-7-14-34-17-27)29-26(33)35-15-22-20-11-5-3-9-18(20)19-10-4-6-12-21(19)22/h3-6,9-12,22-23H,2,7-8,13-17H2,1H3,(H,28,30)(H,29,33)(H,31,32). The maximum absolute atomic E-state index is 12.8. The number of carbonyl (C=O) groups is 3. The van der Waals surface area contributed by atoms with Crippen LogP contribution in [-0.4, -0.2) is 55.5 Å². The number of alkyl carbamates (subject to hydrolysis) is 1. The van der Waals surface area contributed by atoms with Gasteiger partial charge in [0.1, 0.15) is 18.1 Å². The number of benzene rings is 2. The molecule has 3 N–H and O–H groups in total. The summed E-state index contributed by atoms with van der Waals surface area (Å²) < 4.78 is 10.9. The summed E-state index contributed by atoms with van der Waals surface area (Å²) in [6, 6.07) is 15.3. The fourth-order valence-electron chi connectivity index (χ4n) is 4.96. The number of nitrogens with one attached hydrogen (secondary N) is 2. The van der Waals surface area contributed by atoms with Crippen LogP contribution in [-0.2, 0) is 19.1 Å². The van der Waals surface area contributed by atoms with Gasteiger partial charge in [-0.1, -0.05) is 61.9 Å². The molecule has 0 saturated carbocycles.